The third kappa shape index (κ3) is 1.98. The SMILES string of the molecule is CCOc1ccc2c(c1)C(C)(c1ccccc1F)C(=O)N2. The van der Waals surface area contributed by atoms with E-state index in [-0.39, 0.29) is 11.7 Å². The van der Waals surface area contributed by atoms with Crippen molar-refractivity contribution in [3.8, 4) is 5.75 Å². The minimum absolute atomic E-state index is 0.226. The number of carbonyl (C=O) groups is 1. The van der Waals surface area contributed by atoms with E-state index >= 15 is 0 Å². The summed E-state index contributed by atoms with van der Waals surface area (Å²) in [4.78, 5) is 12.5. The molecule has 0 spiro atoms. The van der Waals surface area contributed by atoms with Crippen LogP contribution in [0.1, 0.15) is 25.0 Å². The Hall–Kier alpha value is -2.36. The van der Waals surface area contributed by atoms with Gasteiger partial charge in [0, 0.05) is 11.3 Å². The molecule has 1 unspecified atom stereocenters. The molecule has 0 aliphatic carbocycles. The lowest BCUT2D eigenvalue weighted by atomic mass is 9.77. The van der Waals surface area contributed by atoms with Crippen molar-refractivity contribution in [3.63, 3.8) is 0 Å². The van der Waals surface area contributed by atoms with Gasteiger partial charge in [-0.3, -0.25) is 4.79 Å². The first-order valence-corrected chi connectivity index (χ1v) is 6.91. The lowest BCUT2D eigenvalue weighted by molar-refractivity contribution is -0.119. The predicted octanol–water partition coefficient (Wildman–Crippen LogP) is 3.48. The van der Waals surface area contributed by atoms with Crippen molar-refractivity contribution in [1.82, 2.24) is 0 Å². The number of anilines is 1. The Balaban J connectivity index is 2.19. The molecule has 3 nitrogen and oxygen atoms in total. The smallest absolute Gasteiger partial charge is 0.239 e. The number of halogens is 1. The molecule has 2 aromatic rings. The first kappa shape index (κ1) is 13.6. The Morgan fingerprint density at radius 1 is 1.19 bits per heavy atom. The van der Waals surface area contributed by atoms with Gasteiger partial charge in [-0.1, -0.05) is 18.2 Å². The molecule has 4 heteroatoms. The number of benzene rings is 2. The van der Waals surface area contributed by atoms with Gasteiger partial charge in [-0.2, -0.15) is 0 Å². The van der Waals surface area contributed by atoms with Crippen LogP contribution in [0.4, 0.5) is 10.1 Å². The summed E-state index contributed by atoms with van der Waals surface area (Å²) >= 11 is 0. The molecular weight excluding hydrogens is 269 g/mol. The number of hydrogen-bond donors (Lipinski definition) is 1. The van der Waals surface area contributed by atoms with Crippen molar-refractivity contribution < 1.29 is 13.9 Å². The second kappa shape index (κ2) is 4.88. The maximum Gasteiger partial charge on any atom is 0.239 e. The topological polar surface area (TPSA) is 38.3 Å². The van der Waals surface area contributed by atoms with Crippen LogP contribution in [0.5, 0.6) is 5.75 Å². The molecule has 0 saturated carbocycles. The zero-order valence-electron chi connectivity index (χ0n) is 11.9. The van der Waals surface area contributed by atoms with E-state index in [0.29, 0.717) is 23.6 Å². The number of carbonyl (C=O) groups excluding carboxylic acids is 1. The van der Waals surface area contributed by atoms with Gasteiger partial charge in [-0.25, -0.2) is 4.39 Å². The summed E-state index contributed by atoms with van der Waals surface area (Å²) < 4.78 is 19.7. The van der Waals surface area contributed by atoms with Gasteiger partial charge in [0.2, 0.25) is 5.91 Å². The molecule has 0 radical (unpaired) electrons. The Bertz CT molecular complexity index is 714. The molecule has 1 heterocycles. The third-order valence-corrected chi connectivity index (χ3v) is 3.96. The standard InChI is InChI=1S/C17H16FNO2/c1-3-21-11-8-9-15-13(10-11)17(2,16(20)19-15)12-6-4-5-7-14(12)18/h4-10H,3H2,1-2H3,(H,19,20). The highest BCUT2D eigenvalue weighted by molar-refractivity contribution is 6.08. The molecule has 0 fully saturated rings. The highest BCUT2D eigenvalue weighted by Gasteiger charge is 2.45. The maximum atomic E-state index is 14.2. The summed E-state index contributed by atoms with van der Waals surface area (Å²) in [6.07, 6.45) is 0. The minimum atomic E-state index is -1.05. The average Bonchev–Trinajstić information content (AvgIpc) is 2.73. The van der Waals surface area contributed by atoms with Gasteiger partial charge in [0.1, 0.15) is 17.0 Å². The van der Waals surface area contributed by atoms with E-state index in [9.17, 15) is 9.18 Å². The molecule has 2 aromatic carbocycles. The van der Waals surface area contributed by atoms with Crippen molar-refractivity contribution in [2.24, 2.45) is 0 Å². The maximum absolute atomic E-state index is 14.2. The summed E-state index contributed by atoms with van der Waals surface area (Å²) in [5, 5.41) is 2.82. The summed E-state index contributed by atoms with van der Waals surface area (Å²) in [7, 11) is 0. The Labute approximate surface area is 122 Å². The molecule has 0 saturated heterocycles. The zero-order valence-corrected chi connectivity index (χ0v) is 11.9. The molecule has 3 rings (SSSR count). The summed E-state index contributed by atoms with van der Waals surface area (Å²) in [6.45, 7) is 4.17. The van der Waals surface area contributed by atoms with Crippen molar-refractivity contribution in [2.45, 2.75) is 19.3 Å². The molecule has 1 amide bonds. The van der Waals surface area contributed by atoms with Crippen LogP contribution in [0, 0.1) is 5.82 Å². The number of fused-ring (bicyclic) bond motifs is 1. The van der Waals surface area contributed by atoms with E-state index in [1.54, 1.807) is 37.3 Å². The largest absolute Gasteiger partial charge is 0.494 e. The zero-order chi connectivity index (χ0) is 15.0. The molecule has 0 aromatic heterocycles. The van der Waals surface area contributed by atoms with E-state index < -0.39 is 5.41 Å². The quantitative estimate of drug-likeness (QED) is 0.937. The lowest BCUT2D eigenvalue weighted by Crippen LogP contribution is -2.33. The van der Waals surface area contributed by atoms with Gasteiger partial charge in [-0.15, -0.1) is 0 Å². The Kier molecular flexibility index (Phi) is 3.16. The molecular formula is C17H16FNO2. The molecule has 1 N–H and O–H groups in total. The van der Waals surface area contributed by atoms with Crippen LogP contribution in [0.25, 0.3) is 0 Å². The van der Waals surface area contributed by atoms with Gasteiger partial charge in [0.25, 0.3) is 0 Å². The molecule has 21 heavy (non-hydrogen) atoms. The second-order valence-corrected chi connectivity index (χ2v) is 5.20. The van der Waals surface area contributed by atoms with Crippen molar-refractivity contribution >= 4 is 11.6 Å². The Morgan fingerprint density at radius 2 is 1.95 bits per heavy atom. The van der Waals surface area contributed by atoms with Crippen LogP contribution >= 0.6 is 0 Å². The first-order chi connectivity index (χ1) is 10.1. The van der Waals surface area contributed by atoms with Crippen molar-refractivity contribution in [1.29, 1.82) is 0 Å². The molecule has 1 atom stereocenters. The van der Waals surface area contributed by atoms with E-state index in [4.69, 9.17) is 4.74 Å². The first-order valence-electron chi connectivity index (χ1n) is 6.91. The third-order valence-electron chi connectivity index (χ3n) is 3.96. The van der Waals surface area contributed by atoms with Crippen LogP contribution in [0.15, 0.2) is 42.5 Å². The fourth-order valence-corrected chi connectivity index (χ4v) is 2.81. The van der Waals surface area contributed by atoms with Crippen LogP contribution in [0.2, 0.25) is 0 Å². The van der Waals surface area contributed by atoms with Gasteiger partial charge in [-0.05, 0) is 43.7 Å². The lowest BCUT2D eigenvalue weighted by Gasteiger charge is -2.23. The fourth-order valence-electron chi connectivity index (χ4n) is 2.81. The average molecular weight is 285 g/mol. The fraction of sp³-hybridized carbons (Fsp3) is 0.235. The normalized spacial score (nSPS) is 20.0. The van der Waals surface area contributed by atoms with Gasteiger partial charge >= 0.3 is 0 Å². The molecule has 1 aliphatic heterocycles. The van der Waals surface area contributed by atoms with Crippen molar-refractivity contribution in [2.75, 3.05) is 11.9 Å². The summed E-state index contributed by atoms with van der Waals surface area (Å²) in [6, 6.07) is 11.8. The number of nitrogens with one attached hydrogen (secondary N) is 1. The summed E-state index contributed by atoms with van der Waals surface area (Å²) in [5.41, 5.74) is 0.765. The van der Waals surface area contributed by atoms with Gasteiger partial charge < -0.3 is 10.1 Å². The van der Waals surface area contributed by atoms with Crippen LogP contribution in [-0.2, 0) is 10.2 Å². The van der Waals surface area contributed by atoms with Crippen molar-refractivity contribution in [3.05, 3.63) is 59.4 Å². The minimum Gasteiger partial charge on any atom is -0.494 e. The molecule has 1 aliphatic rings. The van der Waals surface area contributed by atoms with E-state index in [0.717, 1.165) is 5.56 Å². The molecule has 0 bridgehead atoms. The van der Waals surface area contributed by atoms with Crippen LogP contribution < -0.4 is 10.1 Å². The number of ether oxygens (including phenoxy) is 1. The van der Waals surface area contributed by atoms with E-state index in [1.807, 2.05) is 13.0 Å². The van der Waals surface area contributed by atoms with Crippen LogP contribution in [0.3, 0.4) is 0 Å². The predicted molar refractivity (Wildman–Crippen MR) is 79.1 cm³/mol. The van der Waals surface area contributed by atoms with Gasteiger partial charge in [0.15, 0.2) is 0 Å². The second-order valence-electron chi connectivity index (χ2n) is 5.20. The highest BCUT2D eigenvalue weighted by atomic mass is 19.1. The Morgan fingerprint density at radius 3 is 2.67 bits per heavy atom. The van der Waals surface area contributed by atoms with Gasteiger partial charge in [0.05, 0.1) is 6.61 Å². The van der Waals surface area contributed by atoms with E-state index in [1.165, 1.54) is 6.07 Å². The number of rotatable bonds is 3. The highest BCUT2D eigenvalue weighted by Crippen LogP contribution is 2.44. The van der Waals surface area contributed by atoms with E-state index in [2.05, 4.69) is 5.32 Å². The molecule has 108 valence electrons. The monoisotopic (exact) mass is 285 g/mol. The number of hydrogen-bond acceptors (Lipinski definition) is 2. The van der Waals surface area contributed by atoms with Crippen LogP contribution in [-0.4, -0.2) is 12.5 Å². The number of amides is 1. The summed E-state index contributed by atoms with van der Waals surface area (Å²) in [5.74, 6) is 0.0661.